The minimum Gasteiger partial charge on any atom is -0.354 e. The lowest BCUT2D eigenvalue weighted by Gasteiger charge is -2.32. The molecule has 1 aromatic rings. The molecular formula is C17H26N2O3S. The Morgan fingerprint density at radius 1 is 1.30 bits per heavy atom. The largest absolute Gasteiger partial charge is 0.354 e. The SMILES string of the molecule is CC[C@@H](CNC(=O)[C@H]1CCCCN1S(C)(=O)=O)c1ccccc1. The van der Waals surface area contributed by atoms with E-state index in [1.807, 2.05) is 18.2 Å². The fourth-order valence-corrected chi connectivity index (χ4v) is 4.25. The van der Waals surface area contributed by atoms with Gasteiger partial charge in [0.25, 0.3) is 0 Å². The van der Waals surface area contributed by atoms with Crippen molar-refractivity contribution in [3.05, 3.63) is 35.9 Å². The van der Waals surface area contributed by atoms with E-state index in [9.17, 15) is 13.2 Å². The first-order valence-corrected chi connectivity index (χ1v) is 10.1. The first-order chi connectivity index (χ1) is 10.9. The molecule has 0 radical (unpaired) electrons. The van der Waals surface area contributed by atoms with E-state index in [1.54, 1.807) is 0 Å². The summed E-state index contributed by atoms with van der Waals surface area (Å²) in [7, 11) is -3.34. The van der Waals surface area contributed by atoms with Crippen LogP contribution in [0.15, 0.2) is 30.3 Å². The van der Waals surface area contributed by atoms with E-state index in [-0.39, 0.29) is 11.8 Å². The molecule has 1 aliphatic rings. The van der Waals surface area contributed by atoms with Crippen molar-refractivity contribution in [2.45, 2.75) is 44.6 Å². The molecule has 0 spiro atoms. The summed E-state index contributed by atoms with van der Waals surface area (Å²) in [4.78, 5) is 12.5. The number of benzene rings is 1. The van der Waals surface area contributed by atoms with E-state index in [0.29, 0.717) is 19.5 Å². The quantitative estimate of drug-likeness (QED) is 0.864. The van der Waals surface area contributed by atoms with Crippen molar-refractivity contribution >= 4 is 15.9 Å². The van der Waals surface area contributed by atoms with Crippen molar-refractivity contribution in [3.8, 4) is 0 Å². The number of carbonyl (C=O) groups is 1. The molecular weight excluding hydrogens is 312 g/mol. The fraction of sp³-hybridized carbons (Fsp3) is 0.588. The molecule has 0 aromatic heterocycles. The second kappa shape index (κ2) is 7.93. The van der Waals surface area contributed by atoms with Crippen molar-refractivity contribution in [1.82, 2.24) is 9.62 Å². The Morgan fingerprint density at radius 2 is 2.00 bits per heavy atom. The topological polar surface area (TPSA) is 66.5 Å². The van der Waals surface area contributed by atoms with Gasteiger partial charge in [-0.2, -0.15) is 4.31 Å². The number of rotatable bonds is 6. The molecule has 0 bridgehead atoms. The third-order valence-electron chi connectivity index (χ3n) is 4.47. The van der Waals surface area contributed by atoms with Crippen LogP contribution in [0.4, 0.5) is 0 Å². The Bertz CT molecular complexity index is 616. The molecule has 2 rings (SSSR count). The van der Waals surface area contributed by atoms with Gasteiger partial charge in [0.15, 0.2) is 0 Å². The molecule has 1 saturated heterocycles. The zero-order valence-corrected chi connectivity index (χ0v) is 14.7. The monoisotopic (exact) mass is 338 g/mol. The van der Waals surface area contributed by atoms with Crippen molar-refractivity contribution in [2.24, 2.45) is 0 Å². The molecule has 1 fully saturated rings. The number of nitrogens with one attached hydrogen (secondary N) is 1. The van der Waals surface area contributed by atoms with Crippen LogP contribution in [-0.4, -0.2) is 44.0 Å². The first kappa shape index (κ1) is 17.9. The minimum absolute atomic E-state index is 0.176. The number of sulfonamides is 1. The summed E-state index contributed by atoms with van der Waals surface area (Å²) < 4.78 is 25.1. The highest BCUT2D eigenvalue weighted by molar-refractivity contribution is 7.88. The average Bonchev–Trinajstić information content (AvgIpc) is 2.55. The molecule has 1 aromatic carbocycles. The van der Waals surface area contributed by atoms with Crippen LogP contribution in [0.25, 0.3) is 0 Å². The van der Waals surface area contributed by atoms with Crippen molar-refractivity contribution in [3.63, 3.8) is 0 Å². The lowest BCUT2D eigenvalue weighted by atomic mass is 9.96. The van der Waals surface area contributed by atoms with Crippen LogP contribution in [0.5, 0.6) is 0 Å². The summed E-state index contributed by atoms with van der Waals surface area (Å²) in [6.45, 7) is 3.06. The predicted molar refractivity (Wildman–Crippen MR) is 91.7 cm³/mol. The highest BCUT2D eigenvalue weighted by Gasteiger charge is 2.34. The van der Waals surface area contributed by atoms with Crippen LogP contribution >= 0.6 is 0 Å². The molecule has 23 heavy (non-hydrogen) atoms. The van der Waals surface area contributed by atoms with Gasteiger partial charge in [-0.3, -0.25) is 4.79 Å². The van der Waals surface area contributed by atoms with Crippen LogP contribution in [0, 0.1) is 0 Å². The van der Waals surface area contributed by atoms with E-state index >= 15 is 0 Å². The van der Waals surface area contributed by atoms with Gasteiger partial charge in [0, 0.05) is 19.0 Å². The van der Waals surface area contributed by atoms with E-state index in [1.165, 1.54) is 16.1 Å². The fourth-order valence-electron chi connectivity index (χ4n) is 3.13. The molecule has 5 nitrogen and oxygen atoms in total. The number of hydrogen-bond donors (Lipinski definition) is 1. The van der Waals surface area contributed by atoms with Gasteiger partial charge in [-0.25, -0.2) is 8.42 Å². The smallest absolute Gasteiger partial charge is 0.238 e. The molecule has 1 aliphatic heterocycles. The van der Waals surface area contributed by atoms with Crippen LogP contribution in [0.1, 0.15) is 44.1 Å². The number of piperidine rings is 1. The average molecular weight is 338 g/mol. The summed E-state index contributed by atoms with van der Waals surface area (Å²) in [5, 5.41) is 2.96. The standard InChI is InChI=1S/C17H26N2O3S/c1-3-14(15-9-5-4-6-10-15)13-18-17(20)16-11-7-8-12-19(16)23(2,21)22/h4-6,9-10,14,16H,3,7-8,11-13H2,1-2H3,(H,18,20)/t14-,16+/m0/s1. The van der Waals surface area contributed by atoms with Crippen molar-refractivity contribution < 1.29 is 13.2 Å². The van der Waals surface area contributed by atoms with Crippen molar-refractivity contribution in [2.75, 3.05) is 19.3 Å². The Labute approximate surface area is 139 Å². The molecule has 0 aliphatic carbocycles. The Hall–Kier alpha value is -1.40. The number of carbonyl (C=O) groups excluding carboxylic acids is 1. The highest BCUT2D eigenvalue weighted by atomic mass is 32.2. The molecule has 0 saturated carbocycles. The Kier molecular flexibility index (Phi) is 6.18. The number of hydrogen-bond acceptors (Lipinski definition) is 3. The maximum Gasteiger partial charge on any atom is 0.238 e. The maximum atomic E-state index is 12.5. The summed E-state index contributed by atoms with van der Waals surface area (Å²) in [5.41, 5.74) is 1.19. The van der Waals surface area contributed by atoms with Crippen LogP contribution in [-0.2, 0) is 14.8 Å². The third-order valence-corrected chi connectivity index (χ3v) is 5.76. The van der Waals surface area contributed by atoms with Crippen LogP contribution in [0.3, 0.4) is 0 Å². The van der Waals surface area contributed by atoms with Gasteiger partial charge in [0.1, 0.15) is 6.04 Å². The van der Waals surface area contributed by atoms with E-state index in [4.69, 9.17) is 0 Å². The van der Waals surface area contributed by atoms with Crippen molar-refractivity contribution in [1.29, 1.82) is 0 Å². The summed E-state index contributed by atoms with van der Waals surface area (Å²) >= 11 is 0. The summed E-state index contributed by atoms with van der Waals surface area (Å²) in [5.74, 6) is 0.0694. The van der Waals surface area contributed by atoms with Crippen LogP contribution < -0.4 is 5.32 Å². The Balaban J connectivity index is 2.00. The molecule has 1 amide bonds. The second-order valence-electron chi connectivity index (χ2n) is 6.15. The van der Waals surface area contributed by atoms with Gasteiger partial charge in [-0.15, -0.1) is 0 Å². The molecule has 2 atom stereocenters. The van der Waals surface area contributed by atoms with E-state index in [2.05, 4.69) is 24.4 Å². The highest BCUT2D eigenvalue weighted by Crippen LogP contribution is 2.21. The van der Waals surface area contributed by atoms with E-state index < -0.39 is 16.1 Å². The lowest BCUT2D eigenvalue weighted by Crippen LogP contribution is -2.52. The number of nitrogens with zero attached hydrogens (tertiary/aromatic N) is 1. The molecule has 0 unspecified atom stereocenters. The van der Waals surface area contributed by atoms with Gasteiger partial charge in [-0.05, 0) is 24.8 Å². The van der Waals surface area contributed by atoms with Gasteiger partial charge in [0.2, 0.25) is 15.9 Å². The zero-order valence-electron chi connectivity index (χ0n) is 13.9. The zero-order chi connectivity index (χ0) is 16.9. The van der Waals surface area contributed by atoms with Gasteiger partial charge >= 0.3 is 0 Å². The number of amides is 1. The molecule has 128 valence electrons. The first-order valence-electron chi connectivity index (χ1n) is 8.23. The minimum atomic E-state index is -3.34. The predicted octanol–water partition coefficient (Wildman–Crippen LogP) is 2.11. The Morgan fingerprint density at radius 3 is 2.61 bits per heavy atom. The third kappa shape index (κ3) is 4.78. The lowest BCUT2D eigenvalue weighted by molar-refractivity contribution is -0.125. The maximum absolute atomic E-state index is 12.5. The van der Waals surface area contributed by atoms with Crippen LogP contribution in [0.2, 0.25) is 0 Å². The molecule has 1 heterocycles. The van der Waals surface area contributed by atoms with Gasteiger partial charge in [0.05, 0.1) is 6.26 Å². The normalized spacial score (nSPS) is 20.9. The van der Waals surface area contributed by atoms with E-state index in [0.717, 1.165) is 19.3 Å². The van der Waals surface area contributed by atoms with Gasteiger partial charge in [-0.1, -0.05) is 43.7 Å². The summed E-state index contributed by atoms with van der Waals surface area (Å²) in [6.07, 6.45) is 4.40. The second-order valence-corrected chi connectivity index (χ2v) is 8.08. The summed E-state index contributed by atoms with van der Waals surface area (Å²) in [6, 6.07) is 9.51. The van der Waals surface area contributed by atoms with Gasteiger partial charge < -0.3 is 5.32 Å². The molecule has 6 heteroatoms. The molecule has 1 N–H and O–H groups in total.